The molecular formula is C39H68N5O3P. The number of unbranched alkanes of at least 4 members (excludes halogenated alkanes) is 2. The predicted molar refractivity (Wildman–Crippen MR) is 211 cm³/mol. The van der Waals surface area contributed by atoms with Gasteiger partial charge in [-0.2, -0.15) is 9.78 Å². The van der Waals surface area contributed by atoms with Gasteiger partial charge in [0.15, 0.2) is 0 Å². The molecule has 0 saturated heterocycles. The van der Waals surface area contributed by atoms with Gasteiger partial charge in [0, 0.05) is 38.0 Å². The Labute approximate surface area is 295 Å². The van der Waals surface area contributed by atoms with E-state index in [1.54, 1.807) is 13.2 Å². The second-order valence-corrected chi connectivity index (χ2v) is 12.0. The molecule has 4 unspecified atom stereocenters. The van der Waals surface area contributed by atoms with Crippen LogP contribution in [0.25, 0.3) is 5.69 Å². The normalized spacial score (nSPS) is 14.6. The summed E-state index contributed by atoms with van der Waals surface area (Å²) in [5.41, 5.74) is 4.05. The van der Waals surface area contributed by atoms with E-state index in [0.717, 1.165) is 86.9 Å². The SMILES string of the molecule is CC.CCCCC=O.CCCNC(CC)C(C(=N)C1=CCC=C(P)C(C)C1)c1ccc(=O)n(-c2ccccc2C)n1.CCOC.CNC. The van der Waals surface area contributed by atoms with Crippen molar-refractivity contribution in [1.82, 2.24) is 20.4 Å². The number of methoxy groups -OCH3 is 1. The summed E-state index contributed by atoms with van der Waals surface area (Å²) in [6.45, 7) is 18.2. The summed E-state index contributed by atoms with van der Waals surface area (Å²) in [6, 6.07) is 11.3. The number of hydrogen-bond acceptors (Lipinski definition) is 7. The van der Waals surface area contributed by atoms with Gasteiger partial charge in [0.25, 0.3) is 5.56 Å². The lowest BCUT2D eigenvalue weighted by atomic mass is 9.83. The number of benzene rings is 1. The third-order valence-electron chi connectivity index (χ3n) is 7.42. The fourth-order valence-electron chi connectivity index (χ4n) is 4.72. The van der Waals surface area contributed by atoms with Gasteiger partial charge >= 0.3 is 0 Å². The van der Waals surface area contributed by atoms with Gasteiger partial charge in [-0.05, 0) is 95.8 Å². The maximum atomic E-state index is 12.8. The zero-order chi connectivity index (χ0) is 36.9. The van der Waals surface area contributed by atoms with Gasteiger partial charge in [-0.3, -0.25) is 4.79 Å². The van der Waals surface area contributed by atoms with E-state index in [1.807, 2.05) is 72.1 Å². The van der Waals surface area contributed by atoms with Crippen molar-refractivity contribution in [3.8, 4) is 5.69 Å². The van der Waals surface area contributed by atoms with Crippen molar-refractivity contribution in [1.29, 1.82) is 5.41 Å². The highest BCUT2D eigenvalue weighted by atomic mass is 31.0. The van der Waals surface area contributed by atoms with E-state index in [9.17, 15) is 15.0 Å². The maximum absolute atomic E-state index is 12.8. The smallest absolute Gasteiger partial charge is 0.271 e. The van der Waals surface area contributed by atoms with E-state index >= 15 is 0 Å². The standard InChI is InChI=1S/C27H37N4OP.C5H10O.C3H8O.C2H7N.C2H6/c1-5-16-29-21(6-2)26(27(28)20-11-9-13-24(33)19(4)17-20)22-14-15-25(32)31(30-22)23-12-8-7-10-18(23)3;1-2-3-4-5-6;1-3-4-2;1-3-2;1-2/h7-8,10-15,19,21,26,28-29H,5-6,9,16-17,33H2,1-4H3;5H,2-4H2,1H3;3H2,1-2H3;3H,1-2H3;1-2H3. The summed E-state index contributed by atoms with van der Waals surface area (Å²) in [6.07, 6.45) is 11.8. The van der Waals surface area contributed by atoms with Gasteiger partial charge in [-0.15, -0.1) is 9.24 Å². The van der Waals surface area contributed by atoms with Gasteiger partial charge in [-0.25, -0.2) is 0 Å². The molecule has 0 fully saturated rings. The van der Waals surface area contributed by atoms with E-state index < -0.39 is 0 Å². The monoisotopic (exact) mass is 686 g/mol. The lowest BCUT2D eigenvalue weighted by Gasteiger charge is -2.29. The third-order valence-corrected chi connectivity index (χ3v) is 8.22. The number of aromatic nitrogens is 2. The van der Waals surface area contributed by atoms with E-state index in [1.165, 1.54) is 10.00 Å². The Morgan fingerprint density at radius 1 is 1.10 bits per heavy atom. The number of nitrogens with one attached hydrogen (secondary N) is 3. The zero-order valence-corrected chi connectivity index (χ0v) is 33.1. The van der Waals surface area contributed by atoms with Crippen molar-refractivity contribution in [3.05, 3.63) is 81.0 Å². The highest BCUT2D eigenvalue weighted by Gasteiger charge is 2.30. The largest absolute Gasteiger partial charge is 0.385 e. The first-order valence-corrected chi connectivity index (χ1v) is 18.3. The summed E-state index contributed by atoms with van der Waals surface area (Å²) < 4.78 is 6.03. The minimum Gasteiger partial charge on any atom is -0.385 e. The molecule has 1 aliphatic rings. The number of carbonyl (C=O) groups is 1. The molecule has 1 aromatic heterocycles. The number of para-hydroxylation sites is 1. The van der Waals surface area contributed by atoms with E-state index in [0.29, 0.717) is 11.6 Å². The molecule has 272 valence electrons. The van der Waals surface area contributed by atoms with Crippen LogP contribution in [0.5, 0.6) is 0 Å². The van der Waals surface area contributed by atoms with Crippen LogP contribution in [0.15, 0.2) is 64.2 Å². The minimum absolute atomic E-state index is 0.0654. The number of carbonyl (C=O) groups excluding carboxylic acids is 1. The number of aldehydes is 1. The topological polar surface area (TPSA) is 109 Å². The molecular weight excluding hydrogens is 617 g/mol. The molecule has 0 bridgehead atoms. The second-order valence-electron chi connectivity index (χ2n) is 11.3. The van der Waals surface area contributed by atoms with Crippen molar-refractivity contribution >= 4 is 21.2 Å². The van der Waals surface area contributed by atoms with Gasteiger partial charge in [0.1, 0.15) is 6.29 Å². The Bertz CT molecular complexity index is 1260. The van der Waals surface area contributed by atoms with Gasteiger partial charge < -0.3 is 25.6 Å². The molecule has 3 N–H and O–H groups in total. The van der Waals surface area contributed by atoms with E-state index in [2.05, 4.69) is 64.5 Å². The molecule has 4 atom stereocenters. The summed E-state index contributed by atoms with van der Waals surface area (Å²) in [7, 11) is 8.28. The summed E-state index contributed by atoms with van der Waals surface area (Å²) in [4.78, 5) is 22.3. The molecule has 48 heavy (non-hydrogen) atoms. The Kier molecular flexibility index (Phi) is 29.9. The van der Waals surface area contributed by atoms with Crippen molar-refractivity contribution in [2.75, 3.05) is 34.4 Å². The van der Waals surface area contributed by atoms with Crippen LogP contribution in [0.2, 0.25) is 0 Å². The van der Waals surface area contributed by atoms with Crippen LogP contribution in [0, 0.1) is 18.3 Å². The maximum Gasteiger partial charge on any atom is 0.271 e. The van der Waals surface area contributed by atoms with Crippen molar-refractivity contribution in [3.63, 3.8) is 0 Å². The summed E-state index contributed by atoms with van der Waals surface area (Å²) in [5.74, 6) is 0.143. The third kappa shape index (κ3) is 18.1. The minimum atomic E-state index is -0.234. The molecule has 0 spiro atoms. The Morgan fingerprint density at radius 2 is 1.73 bits per heavy atom. The molecule has 8 nitrogen and oxygen atoms in total. The molecule has 0 amide bonds. The molecule has 1 aromatic carbocycles. The number of hydrogen-bond donors (Lipinski definition) is 3. The average Bonchev–Trinajstić information content (AvgIpc) is 3.27. The molecule has 0 saturated carbocycles. The van der Waals surface area contributed by atoms with Gasteiger partial charge in [0.2, 0.25) is 0 Å². The predicted octanol–water partition coefficient (Wildman–Crippen LogP) is 8.43. The van der Waals surface area contributed by atoms with Crippen LogP contribution in [0.3, 0.4) is 0 Å². The molecule has 2 aromatic rings. The number of aryl methyl sites for hydroxylation is 1. The van der Waals surface area contributed by atoms with Crippen LogP contribution in [-0.2, 0) is 9.53 Å². The van der Waals surface area contributed by atoms with Gasteiger partial charge in [0.05, 0.1) is 17.3 Å². The first kappa shape index (κ1) is 47.3. The van der Waals surface area contributed by atoms with Crippen molar-refractivity contribution in [2.45, 2.75) is 112 Å². The van der Waals surface area contributed by atoms with Crippen LogP contribution < -0.4 is 16.2 Å². The molecule has 0 aliphatic heterocycles. The highest BCUT2D eigenvalue weighted by molar-refractivity contribution is 7.22. The number of rotatable bonds is 13. The van der Waals surface area contributed by atoms with Crippen LogP contribution in [0.4, 0.5) is 0 Å². The summed E-state index contributed by atoms with van der Waals surface area (Å²) >= 11 is 0. The van der Waals surface area contributed by atoms with Crippen LogP contribution >= 0.6 is 9.24 Å². The van der Waals surface area contributed by atoms with Crippen LogP contribution in [-0.4, -0.2) is 62.2 Å². The van der Waals surface area contributed by atoms with Crippen LogP contribution in [0.1, 0.15) is 111 Å². The Hall–Kier alpha value is -2.77. The van der Waals surface area contributed by atoms with E-state index in [-0.39, 0.29) is 17.5 Å². The average molecular weight is 686 g/mol. The van der Waals surface area contributed by atoms with Crippen molar-refractivity contribution < 1.29 is 9.53 Å². The molecule has 9 heteroatoms. The fraction of sp³-hybridized carbons (Fsp3) is 0.590. The molecule has 0 radical (unpaired) electrons. The fourth-order valence-corrected chi connectivity index (χ4v) is 4.98. The lowest BCUT2D eigenvalue weighted by molar-refractivity contribution is -0.107. The Balaban J connectivity index is 0. The molecule has 3 rings (SSSR count). The highest BCUT2D eigenvalue weighted by Crippen LogP contribution is 2.33. The Morgan fingerprint density at radius 3 is 2.23 bits per heavy atom. The van der Waals surface area contributed by atoms with E-state index in [4.69, 9.17) is 5.10 Å². The number of allylic oxidation sites excluding steroid dienone is 4. The first-order chi connectivity index (χ1) is 23.1. The number of ether oxygens (including phenoxy) is 1. The van der Waals surface area contributed by atoms with Gasteiger partial charge in [-0.1, -0.05) is 83.6 Å². The quantitative estimate of drug-likeness (QED) is 0.0846. The number of nitrogens with zero attached hydrogens (tertiary/aromatic N) is 2. The second kappa shape index (κ2) is 30.3. The molecule has 1 heterocycles. The summed E-state index contributed by atoms with van der Waals surface area (Å²) in [5, 5.41) is 21.8. The zero-order valence-electron chi connectivity index (χ0n) is 32.0. The van der Waals surface area contributed by atoms with Crippen molar-refractivity contribution in [2.24, 2.45) is 5.92 Å². The molecule has 1 aliphatic carbocycles. The lowest BCUT2D eigenvalue weighted by Crippen LogP contribution is -2.40. The first-order valence-electron chi connectivity index (χ1n) is 17.8.